The first-order valence-corrected chi connectivity index (χ1v) is 10.7. The van der Waals surface area contributed by atoms with Crippen molar-refractivity contribution in [2.45, 2.75) is 18.4 Å². The van der Waals surface area contributed by atoms with Gasteiger partial charge in [-0.2, -0.15) is 0 Å². The zero-order valence-corrected chi connectivity index (χ0v) is 16.8. The van der Waals surface area contributed by atoms with Crippen molar-refractivity contribution in [3.05, 3.63) is 64.4 Å². The van der Waals surface area contributed by atoms with Gasteiger partial charge in [-0.3, -0.25) is 9.59 Å². The standard InChI is InChI=1S/C20H18BrFN2O2S/c21-13-6-4-12(5-7-13)16-9-17(16)20(26)24-11-27-10-18(24)19(25)23-15-3-1-2-14(22)8-15/h1-8,16-18H,9-11H2,(H,23,25). The smallest absolute Gasteiger partial charge is 0.248 e. The molecule has 1 aliphatic heterocycles. The Hall–Kier alpha value is -1.86. The molecule has 2 aliphatic rings. The lowest BCUT2D eigenvalue weighted by Gasteiger charge is -2.23. The van der Waals surface area contributed by atoms with Crippen molar-refractivity contribution < 1.29 is 14.0 Å². The maximum absolute atomic E-state index is 13.3. The van der Waals surface area contributed by atoms with Crippen LogP contribution < -0.4 is 5.32 Å². The second-order valence-electron chi connectivity index (χ2n) is 6.82. The molecule has 1 saturated carbocycles. The van der Waals surface area contributed by atoms with Gasteiger partial charge in [0.25, 0.3) is 0 Å². The summed E-state index contributed by atoms with van der Waals surface area (Å²) in [6.45, 7) is 0. The summed E-state index contributed by atoms with van der Waals surface area (Å²) in [5, 5.41) is 2.73. The van der Waals surface area contributed by atoms with E-state index >= 15 is 0 Å². The molecule has 1 saturated heterocycles. The lowest BCUT2D eigenvalue weighted by molar-refractivity contribution is -0.137. The number of carbonyl (C=O) groups excluding carboxylic acids is 2. The van der Waals surface area contributed by atoms with Gasteiger partial charge in [-0.05, 0) is 48.2 Å². The quantitative estimate of drug-likeness (QED) is 0.760. The highest BCUT2D eigenvalue weighted by molar-refractivity contribution is 9.10. The number of carbonyl (C=O) groups is 2. The minimum absolute atomic E-state index is 0.0345. The first-order chi connectivity index (χ1) is 13.0. The second-order valence-corrected chi connectivity index (χ2v) is 8.74. The largest absolute Gasteiger partial charge is 0.324 e. The molecule has 1 N–H and O–H groups in total. The lowest BCUT2D eigenvalue weighted by Crippen LogP contribution is -2.45. The predicted molar refractivity (Wildman–Crippen MR) is 108 cm³/mol. The number of anilines is 1. The Labute approximate surface area is 169 Å². The summed E-state index contributed by atoms with van der Waals surface area (Å²) in [6, 6.07) is 13.3. The van der Waals surface area contributed by atoms with Crippen LogP contribution in [0.15, 0.2) is 53.0 Å². The molecule has 27 heavy (non-hydrogen) atoms. The van der Waals surface area contributed by atoms with E-state index in [0.717, 1.165) is 16.5 Å². The molecule has 1 heterocycles. The van der Waals surface area contributed by atoms with Gasteiger partial charge in [0.15, 0.2) is 0 Å². The van der Waals surface area contributed by atoms with E-state index < -0.39 is 11.9 Å². The monoisotopic (exact) mass is 448 g/mol. The molecular weight excluding hydrogens is 431 g/mol. The van der Waals surface area contributed by atoms with E-state index in [4.69, 9.17) is 0 Å². The van der Waals surface area contributed by atoms with Gasteiger partial charge >= 0.3 is 0 Å². The minimum Gasteiger partial charge on any atom is -0.324 e. The molecule has 0 bridgehead atoms. The molecule has 4 nitrogen and oxygen atoms in total. The van der Waals surface area contributed by atoms with Gasteiger partial charge < -0.3 is 10.2 Å². The van der Waals surface area contributed by atoms with Crippen molar-refractivity contribution in [3.8, 4) is 0 Å². The van der Waals surface area contributed by atoms with E-state index in [-0.39, 0.29) is 23.7 Å². The molecule has 4 rings (SSSR count). The lowest BCUT2D eigenvalue weighted by atomic mass is 10.1. The van der Waals surface area contributed by atoms with Gasteiger partial charge in [0, 0.05) is 21.8 Å². The van der Waals surface area contributed by atoms with E-state index in [1.54, 1.807) is 28.8 Å². The fourth-order valence-electron chi connectivity index (χ4n) is 3.43. The molecule has 1 aliphatic carbocycles. The highest BCUT2D eigenvalue weighted by Crippen LogP contribution is 2.49. The molecule has 7 heteroatoms. The van der Waals surface area contributed by atoms with Crippen LogP contribution in [0.25, 0.3) is 0 Å². The summed E-state index contributed by atoms with van der Waals surface area (Å²) in [5.74, 6) is 0.605. The summed E-state index contributed by atoms with van der Waals surface area (Å²) in [7, 11) is 0. The highest BCUT2D eigenvalue weighted by atomic mass is 79.9. The number of benzene rings is 2. The first-order valence-electron chi connectivity index (χ1n) is 8.73. The number of nitrogens with one attached hydrogen (secondary N) is 1. The van der Waals surface area contributed by atoms with Crippen molar-refractivity contribution in [1.82, 2.24) is 4.90 Å². The average Bonchev–Trinajstić information content (AvgIpc) is 3.29. The third-order valence-electron chi connectivity index (χ3n) is 4.97. The number of hydrogen-bond donors (Lipinski definition) is 1. The molecule has 3 atom stereocenters. The zero-order chi connectivity index (χ0) is 19.0. The van der Waals surface area contributed by atoms with Crippen molar-refractivity contribution in [2.75, 3.05) is 16.9 Å². The maximum atomic E-state index is 13.3. The summed E-state index contributed by atoms with van der Waals surface area (Å²) in [5.41, 5.74) is 1.56. The van der Waals surface area contributed by atoms with Gasteiger partial charge in [-0.15, -0.1) is 11.8 Å². The van der Waals surface area contributed by atoms with E-state index in [1.807, 2.05) is 24.3 Å². The van der Waals surface area contributed by atoms with Gasteiger partial charge in [-0.25, -0.2) is 4.39 Å². The fraction of sp³-hybridized carbons (Fsp3) is 0.300. The van der Waals surface area contributed by atoms with Gasteiger partial charge in [0.05, 0.1) is 5.88 Å². The van der Waals surface area contributed by atoms with Crippen LogP contribution in [0.1, 0.15) is 17.9 Å². The molecule has 140 valence electrons. The van der Waals surface area contributed by atoms with Crippen molar-refractivity contribution in [1.29, 1.82) is 0 Å². The molecule has 2 aromatic carbocycles. The molecule has 0 aromatic heterocycles. The number of halogens is 2. The highest BCUT2D eigenvalue weighted by Gasteiger charge is 2.48. The van der Waals surface area contributed by atoms with Crippen LogP contribution in [0.2, 0.25) is 0 Å². The normalized spacial score (nSPS) is 23.9. The zero-order valence-electron chi connectivity index (χ0n) is 14.4. The van der Waals surface area contributed by atoms with E-state index in [1.165, 1.54) is 12.1 Å². The van der Waals surface area contributed by atoms with Crippen LogP contribution in [0, 0.1) is 11.7 Å². The summed E-state index contributed by atoms with van der Waals surface area (Å²) in [6.07, 6.45) is 0.819. The summed E-state index contributed by atoms with van der Waals surface area (Å²) < 4.78 is 14.3. The number of amides is 2. The van der Waals surface area contributed by atoms with Crippen LogP contribution in [0.5, 0.6) is 0 Å². The Morgan fingerprint density at radius 1 is 1.19 bits per heavy atom. The van der Waals surface area contributed by atoms with Gasteiger partial charge in [-0.1, -0.05) is 34.1 Å². The maximum Gasteiger partial charge on any atom is 0.248 e. The van der Waals surface area contributed by atoms with Crippen LogP contribution in [-0.2, 0) is 9.59 Å². The molecule has 0 spiro atoms. The Kier molecular flexibility index (Phi) is 5.23. The number of thioether (sulfide) groups is 1. The second kappa shape index (κ2) is 7.64. The Morgan fingerprint density at radius 3 is 2.70 bits per heavy atom. The minimum atomic E-state index is -0.517. The number of rotatable bonds is 4. The first kappa shape index (κ1) is 18.5. The third-order valence-corrected chi connectivity index (χ3v) is 6.51. The fourth-order valence-corrected chi connectivity index (χ4v) is 4.86. The molecule has 2 fully saturated rings. The van der Waals surface area contributed by atoms with Crippen molar-refractivity contribution >= 4 is 45.2 Å². The molecular formula is C20H18BrFN2O2S. The van der Waals surface area contributed by atoms with Crippen LogP contribution in [-0.4, -0.2) is 34.4 Å². The Balaban J connectivity index is 1.41. The van der Waals surface area contributed by atoms with E-state index in [9.17, 15) is 14.0 Å². The number of hydrogen-bond acceptors (Lipinski definition) is 3. The van der Waals surface area contributed by atoms with Crippen LogP contribution >= 0.6 is 27.7 Å². The Morgan fingerprint density at radius 2 is 1.96 bits per heavy atom. The summed E-state index contributed by atoms with van der Waals surface area (Å²) >= 11 is 4.99. The topological polar surface area (TPSA) is 49.4 Å². The predicted octanol–water partition coefficient (Wildman–Crippen LogP) is 4.23. The molecule has 2 aromatic rings. The third kappa shape index (κ3) is 4.04. The van der Waals surface area contributed by atoms with Crippen molar-refractivity contribution in [3.63, 3.8) is 0 Å². The molecule has 2 amide bonds. The Bertz CT molecular complexity index is 877. The average molecular weight is 449 g/mol. The summed E-state index contributed by atoms with van der Waals surface area (Å²) in [4.78, 5) is 27.2. The van der Waals surface area contributed by atoms with Gasteiger partial charge in [0.1, 0.15) is 11.9 Å². The van der Waals surface area contributed by atoms with Gasteiger partial charge in [0.2, 0.25) is 11.8 Å². The molecule has 3 unspecified atom stereocenters. The SMILES string of the molecule is O=C(Nc1cccc(F)c1)C1CSCN1C(=O)C1CC1c1ccc(Br)cc1. The van der Waals surface area contributed by atoms with Crippen LogP contribution in [0.4, 0.5) is 10.1 Å². The molecule has 0 radical (unpaired) electrons. The van der Waals surface area contributed by atoms with E-state index in [0.29, 0.717) is 17.3 Å². The van der Waals surface area contributed by atoms with Crippen molar-refractivity contribution in [2.24, 2.45) is 5.92 Å². The van der Waals surface area contributed by atoms with E-state index in [2.05, 4.69) is 21.2 Å². The number of nitrogens with zero attached hydrogens (tertiary/aromatic N) is 1. The van der Waals surface area contributed by atoms with Crippen LogP contribution in [0.3, 0.4) is 0 Å².